The van der Waals surface area contributed by atoms with E-state index in [1.807, 2.05) is 23.7 Å². The molecular formula is C14H17N3. The molecule has 1 fully saturated rings. The highest BCUT2D eigenvalue weighted by molar-refractivity contribution is 5.34. The third-order valence-electron chi connectivity index (χ3n) is 3.36. The SMILES string of the molecule is Cc1cc(N)n(C(c2ccccc2)C2CC2)n1. The van der Waals surface area contributed by atoms with E-state index in [9.17, 15) is 0 Å². The fraction of sp³-hybridized carbons (Fsp3) is 0.357. The Bertz CT molecular complexity index is 512. The number of anilines is 1. The maximum atomic E-state index is 6.05. The lowest BCUT2D eigenvalue weighted by molar-refractivity contribution is 0.475. The van der Waals surface area contributed by atoms with Crippen molar-refractivity contribution in [3.63, 3.8) is 0 Å². The van der Waals surface area contributed by atoms with Crippen LogP contribution in [-0.2, 0) is 0 Å². The highest BCUT2D eigenvalue weighted by atomic mass is 15.3. The van der Waals surface area contributed by atoms with Crippen molar-refractivity contribution in [2.75, 3.05) is 5.73 Å². The predicted molar refractivity (Wildman–Crippen MR) is 68.7 cm³/mol. The third-order valence-corrected chi connectivity index (χ3v) is 3.36. The number of rotatable bonds is 3. The Morgan fingerprint density at radius 2 is 2.00 bits per heavy atom. The molecule has 0 spiro atoms. The van der Waals surface area contributed by atoms with Crippen LogP contribution < -0.4 is 5.73 Å². The molecule has 0 saturated heterocycles. The molecule has 3 heteroatoms. The summed E-state index contributed by atoms with van der Waals surface area (Å²) < 4.78 is 1.99. The molecule has 2 N–H and O–H groups in total. The number of hydrogen-bond acceptors (Lipinski definition) is 2. The third kappa shape index (κ3) is 1.93. The first-order valence-corrected chi connectivity index (χ1v) is 6.12. The molecule has 1 aliphatic rings. The Morgan fingerprint density at radius 3 is 2.53 bits per heavy atom. The van der Waals surface area contributed by atoms with Gasteiger partial charge in [0.25, 0.3) is 0 Å². The Hall–Kier alpha value is -1.77. The molecular weight excluding hydrogens is 210 g/mol. The first kappa shape index (κ1) is 10.4. The van der Waals surface area contributed by atoms with Crippen molar-refractivity contribution < 1.29 is 0 Å². The number of nitrogen functional groups attached to an aromatic ring is 1. The van der Waals surface area contributed by atoms with E-state index in [1.165, 1.54) is 18.4 Å². The largest absolute Gasteiger partial charge is 0.384 e. The average Bonchev–Trinajstić information content (AvgIpc) is 3.08. The molecule has 2 aromatic rings. The lowest BCUT2D eigenvalue weighted by Gasteiger charge is -2.18. The Kier molecular flexibility index (Phi) is 2.39. The summed E-state index contributed by atoms with van der Waals surface area (Å²) >= 11 is 0. The van der Waals surface area contributed by atoms with Crippen molar-refractivity contribution in [2.45, 2.75) is 25.8 Å². The Morgan fingerprint density at radius 1 is 1.29 bits per heavy atom. The predicted octanol–water partition coefficient (Wildman–Crippen LogP) is 2.77. The van der Waals surface area contributed by atoms with E-state index >= 15 is 0 Å². The molecule has 3 rings (SSSR count). The van der Waals surface area contributed by atoms with Crippen LogP contribution in [0.15, 0.2) is 36.4 Å². The van der Waals surface area contributed by atoms with E-state index in [1.54, 1.807) is 0 Å². The first-order chi connectivity index (χ1) is 8.25. The van der Waals surface area contributed by atoms with E-state index < -0.39 is 0 Å². The number of hydrogen-bond donors (Lipinski definition) is 1. The summed E-state index contributed by atoms with van der Waals surface area (Å²) in [5, 5.41) is 4.54. The fourth-order valence-corrected chi connectivity index (χ4v) is 2.43. The highest BCUT2D eigenvalue weighted by Crippen LogP contribution is 2.44. The van der Waals surface area contributed by atoms with Crippen LogP contribution in [-0.4, -0.2) is 9.78 Å². The van der Waals surface area contributed by atoms with Gasteiger partial charge in [0, 0.05) is 6.07 Å². The second-order valence-corrected chi connectivity index (χ2v) is 4.85. The molecule has 1 saturated carbocycles. The molecule has 88 valence electrons. The normalized spacial score (nSPS) is 17.0. The van der Waals surface area contributed by atoms with Crippen molar-refractivity contribution in [3.8, 4) is 0 Å². The van der Waals surface area contributed by atoms with Crippen LogP contribution in [0, 0.1) is 12.8 Å². The summed E-state index contributed by atoms with van der Waals surface area (Å²) in [5.74, 6) is 1.46. The van der Waals surface area contributed by atoms with Gasteiger partial charge in [-0.05, 0) is 31.2 Å². The molecule has 0 aliphatic heterocycles. The minimum Gasteiger partial charge on any atom is -0.384 e. The molecule has 1 aromatic carbocycles. The number of aromatic nitrogens is 2. The second-order valence-electron chi connectivity index (χ2n) is 4.85. The number of nitrogens with zero attached hydrogens (tertiary/aromatic N) is 2. The smallest absolute Gasteiger partial charge is 0.122 e. The van der Waals surface area contributed by atoms with Crippen molar-refractivity contribution in [1.29, 1.82) is 0 Å². The lowest BCUT2D eigenvalue weighted by Crippen LogP contribution is -2.16. The zero-order valence-electron chi connectivity index (χ0n) is 10.0. The molecule has 1 aromatic heterocycles. The molecule has 0 radical (unpaired) electrons. The summed E-state index contributed by atoms with van der Waals surface area (Å²) in [4.78, 5) is 0. The van der Waals surface area contributed by atoms with Crippen LogP contribution in [0.3, 0.4) is 0 Å². The lowest BCUT2D eigenvalue weighted by atomic mass is 10.0. The van der Waals surface area contributed by atoms with Gasteiger partial charge in [0.15, 0.2) is 0 Å². The standard InChI is InChI=1S/C14H17N3/c1-10-9-13(15)17(16-10)14(12-7-8-12)11-5-3-2-4-6-11/h2-6,9,12,14H,7-8,15H2,1H3. The number of benzene rings is 1. The zero-order valence-corrected chi connectivity index (χ0v) is 10.0. The van der Waals surface area contributed by atoms with Gasteiger partial charge in [0.1, 0.15) is 5.82 Å². The Balaban J connectivity index is 2.04. The summed E-state index contributed by atoms with van der Waals surface area (Å²) in [6, 6.07) is 12.8. The molecule has 1 atom stereocenters. The molecule has 17 heavy (non-hydrogen) atoms. The molecule has 0 bridgehead atoms. The van der Waals surface area contributed by atoms with Gasteiger partial charge in [0.05, 0.1) is 11.7 Å². The van der Waals surface area contributed by atoms with Crippen LogP contribution in [0.5, 0.6) is 0 Å². The average molecular weight is 227 g/mol. The number of nitrogens with two attached hydrogens (primary N) is 1. The van der Waals surface area contributed by atoms with Crippen molar-refractivity contribution in [2.24, 2.45) is 5.92 Å². The fourth-order valence-electron chi connectivity index (χ4n) is 2.43. The summed E-state index contributed by atoms with van der Waals surface area (Å²) in [6.07, 6.45) is 2.55. The van der Waals surface area contributed by atoms with Crippen molar-refractivity contribution in [3.05, 3.63) is 47.7 Å². The van der Waals surface area contributed by atoms with Gasteiger partial charge >= 0.3 is 0 Å². The molecule has 3 nitrogen and oxygen atoms in total. The van der Waals surface area contributed by atoms with Gasteiger partial charge in [-0.1, -0.05) is 30.3 Å². The van der Waals surface area contributed by atoms with Crippen molar-refractivity contribution in [1.82, 2.24) is 9.78 Å². The van der Waals surface area contributed by atoms with Crippen LogP contribution in [0.2, 0.25) is 0 Å². The zero-order chi connectivity index (χ0) is 11.8. The topological polar surface area (TPSA) is 43.8 Å². The van der Waals surface area contributed by atoms with Crippen LogP contribution in [0.4, 0.5) is 5.82 Å². The first-order valence-electron chi connectivity index (χ1n) is 6.12. The van der Waals surface area contributed by atoms with Crippen molar-refractivity contribution >= 4 is 5.82 Å². The van der Waals surface area contributed by atoms with Crippen LogP contribution in [0.25, 0.3) is 0 Å². The van der Waals surface area contributed by atoms with E-state index in [0.29, 0.717) is 12.0 Å². The number of aryl methyl sites for hydroxylation is 1. The van der Waals surface area contributed by atoms with Crippen LogP contribution in [0.1, 0.15) is 30.1 Å². The minimum atomic E-state index is 0.310. The molecule has 1 unspecified atom stereocenters. The molecule has 1 aliphatic carbocycles. The molecule has 0 amide bonds. The summed E-state index contributed by atoms with van der Waals surface area (Å²) in [6.45, 7) is 1.99. The van der Waals surface area contributed by atoms with E-state index in [4.69, 9.17) is 5.73 Å². The van der Waals surface area contributed by atoms with Crippen LogP contribution >= 0.6 is 0 Å². The Labute approximate surface area is 101 Å². The van der Waals surface area contributed by atoms with E-state index in [2.05, 4.69) is 29.4 Å². The maximum Gasteiger partial charge on any atom is 0.122 e. The van der Waals surface area contributed by atoms with E-state index in [-0.39, 0.29) is 0 Å². The highest BCUT2D eigenvalue weighted by Gasteiger charge is 2.34. The van der Waals surface area contributed by atoms with Gasteiger partial charge in [-0.15, -0.1) is 0 Å². The van der Waals surface area contributed by atoms with Gasteiger partial charge in [-0.25, -0.2) is 4.68 Å². The summed E-state index contributed by atoms with van der Waals surface area (Å²) in [5.41, 5.74) is 8.35. The van der Waals surface area contributed by atoms with Gasteiger partial charge in [0.2, 0.25) is 0 Å². The second kappa shape index (κ2) is 3.91. The van der Waals surface area contributed by atoms with Gasteiger partial charge < -0.3 is 5.73 Å². The monoisotopic (exact) mass is 227 g/mol. The minimum absolute atomic E-state index is 0.310. The van der Waals surface area contributed by atoms with E-state index in [0.717, 1.165) is 11.5 Å². The quantitative estimate of drug-likeness (QED) is 0.876. The summed E-state index contributed by atoms with van der Waals surface area (Å²) in [7, 11) is 0. The van der Waals surface area contributed by atoms with Gasteiger partial charge in [-0.2, -0.15) is 5.10 Å². The van der Waals surface area contributed by atoms with Gasteiger partial charge in [-0.3, -0.25) is 0 Å². The maximum absolute atomic E-state index is 6.05. The molecule has 1 heterocycles.